The van der Waals surface area contributed by atoms with Crippen molar-refractivity contribution in [2.45, 2.75) is 6.54 Å². The Kier molecular flexibility index (Phi) is 4.70. The van der Waals surface area contributed by atoms with Gasteiger partial charge in [0.15, 0.2) is 5.82 Å². The van der Waals surface area contributed by atoms with Gasteiger partial charge in [0.2, 0.25) is 0 Å². The van der Waals surface area contributed by atoms with E-state index in [1.165, 1.54) is 0 Å². The summed E-state index contributed by atoms with van der Waals surface area (Å²) in [5.41, 5.74) is 3.42. The molecule has 1 aromatic carbocycles. The molecule has 4 rings (SSSR count). The van der Waals surface area contributed by atoms with E-state index in [1.807, 2.05) is 48.5 Å². The number of aromatic nitrogens is 4. The third kappa shape index (κ3) is 4.07. The molecule has 0 bridgehead atoms. The molecule has 0 aliphatic heterocycles. The van der Waals surface area contributed by atoms with Gasteiger partial charge in [0.05, 0.1) is 5.69 Å². The van der Waals surface area contributed by atoms with Crippen LogP contribution < -0.4 is 5.32 Å². The van der Waals surface area contributed by atoms with Gasteiger partial charge in [-0.1, -0.05) is 18.2 Å². The van der Waals surface area contributed by atoms with Gasteiger partial charge in [-0.2, -0.15) is 0 Å². The zero-order chi connectivity index (χ0) is 18.5. The second-order valence-corrected chi connectivity index (χ2v) is 5.94. The van der Waals surface area contributed by atoms with Gasteiger partial charge in [-0.15, -0.1) is 0 Å². The summed E-state index contributed by atoms with van der Waals surface area (Å²) in [7, 11) is 0. The molecular formula is C21H17N5O. The smallest absolute Gasteiger partial charge is 0.180 e. The number of nitrogens with one attached hydrogen (secondary N) is 1. The minimum atomic E-state index is 0.247. The number of hydrogen-bond acceptors (Lipinski definition) is 6. The second kappa shape index (κ2) is 7.61. The summed E-state index contributed by atoms with van der Waals surface area (Å²) in [5, 5.41) is 12.7. The van der Waals surface area contributed by atoms with E-state index in [-0.39, 0.29) is 5.75 Å². The summed E-state index contributed by atoms with van der Waals surface area (Å²) in [5.74, 6) is 1.49. The molecule has 0 atom stereocenters. The molecule has 0 aliphatic rings. The largest absolute Gasteiger partial charge is 0.508 e. The maximum Gasteiger partial charge on any atom is 0.180 e. The van der Waals surface area contributed by atoms with E-state index < -0.39 is 0 Å². The van der Waals surface area contributed by atoms with Gasteiger partial charge in [-0.25, -0.2) is 9.97 Å². The Labute approximate surface area is 156 Å². The molecule has 132 valence electrons. The van der Waals surface area contributed by atoms with E-state index in [0.717, 1.165) is 16.8 Å². The highest BCUT2D eigenvalue weighted by Gasteiger charge is 2.10. The lowest BCUT2D eigenvalue weighted by atomic mass is 10.2. The van der Waals surface area contributed by atoms with Crippen molar-refractivity contribution in [3.05, 3.63) is 84.8 Å². The van der Waals surface area contributed by atoms with Crippen molar-refractivity contribution in [2.75, 3.05) is 5.32 Å². The first-order chi connectivity index (χ1) is 13.3. The molecule has 0 spiro atoms. The first-order valence-corrected chi connectivity index (χ1v) is 8.50. The molecule has 6 nitrogen and oxygen atoms in total. The lowest BCUT2D eigenvalue weighted by molar-refractivity contribution is 0.475. The summed E-state index contributed by atoms with van der Waals surface area (Å²) >= 11 is 0. The van der Waals surface area contributed by atoms with Gasteiger partial charge in [0.1, 0.15) is 17.3 Å². The van der Waals surface area contributed by atoms with Gasteiger partial charge in [-0.05, 0) is 42.0 Å². The lowest BCUT2D eigenvalue weighted by Crippen LogP contribution is -2.04. The minimum Gasteiger partial charge on any atom is -0.508 e. The number of aromatic hydroxyl groups is 1. The molecule has 0 saturated heterocycles. The highest BCUT2D eigenvalue weighted by Crippen LogP contribution is 2.23. The highest BCUT2D eigenvalue weighted by molar-refractivity contribution is 5.65. The van der Waals surface area contributed by atoms with Gasteiger partial charge >= 0.3 is 0 Å². The van der Waals surface area contributed by atoms with E-state index >= 15 is 0 Å². The normalized spacial score (nSPS) is 10.5. The molecule has 2 N–H and O–H groups in total. The third-order valence-electron chi connectivity index (χ3n) is 3.99. The van der Waals surface area contributed by atoms with Crippen molar-refractivity contribution in [1.82, 2.24) is 19.9 Å². The fourth-order valence-electron chi connectivity index (χ4n) is 2.62. The van der Waals surface area contributed by atoms with Crippen LogP contribution in [-0.4, -0.2) is 25.0 Å². The van der Waals surface area contributed by atoms with Gasteiger partial charge in [0, 0.05) is 36.8 Å². The van der Waals surface area contributed by atoms with Crippen molar-refractivity contribution in [3.63, 3.8) is 0 Å². The van der Waals surface area contributed by atoms with Crippen LogP contribution in [0.1, 0.15) is 5.56 Å². The summed E-state index contributed by atoms with van der Waals surface area (Å²) in [6, 6.07) is 18.4. The predicted molar refractivity (Wildman–Crippen MR) is 104 cm³/mol. The Morgan fingerprint density at radius 1 is 0.852 bits per heavy atom. The number of hydrogen-bond donors (Lipinski definition) is 2. The number of benzene rings is 1. The Hall–Kier alpha value is -3.80. The van der Waals surface area contributed by atoms with Gasteiger partial charge in [0.25, 0.3) is 0 Å². The molecule has 0 saturated carbocycles. The fraction of sp³-hybridized carbons (Fsp3) is 0.0476. The molecular weight excluding hydrogens is 338 g/mol. The summed E-state index contributed by atoms with van der Waals surface area (Å²) < 4.78 is 0. The Balaban J connectivity index is 1.68. The maximum absolute atomic E-state index is 9.41. The molecule has 6 heteroatoms. The van der Waals surface area contributed by atoms with Crippen molar-refractivity contribution in [1.29, 1.82) is 0 Å². The highest BCUT2D eigenvalue weighted by atomic mass is 16.3. The quantitative estimate of drug-likeness (QED) is 0.564. The van der Waals surface area contributed by atoms with Crippen LogP contribution in [0.2, 0.25) is 0 Å². The van der Waals surface area contributed by atoms with Gasteiger partial charge < -0.3 is 10.4 Å². The van der Waals surface area contributed by atoms with Crippen LogP contribution >= 0.6 is 0 Å². The second-order valence-electron chi connectivity index (χ2n) is 5.94. The molecule has 4 aromatic rings. The number of pyridine rings is 2. The van der Waals surface area contributed by atoms with Crippen molar-refractivity contribution in [2.24, 2.45) is 0 Å². The minimum absolute atomic E-state index is 0.247. The molecule has 0 radical (unpaired) electrons. The number of rotatable bonds is 5. The molecule has 0 amide bonds. The first-order valence-electron chi connectivity index (χ1n) is 8.50. The average Bonchev–Trinajstić information content (AvgIpc) is 2.74. The van der Waals surface area contributed by atoms with Crippen LogP contribution in [0.3, 0.4) is 0 Å². The predicted octanol–water partition coefficient (Wildman–Crippen LogP) is 3.92. The topological polar surface area (TPSA) is 83.8 Å². The first kappa shape index (κ1) is 16.7. The number of phenolic OH excluding ortho intramolecular Hbond substituents is 1. The van der Waals surface area contributed by atoms with E-state index in [4.69, 9.17) is 0 Å². The van der Waals surface area contributed by atoms with Crippen LogP contribution in [0, 0.1) is 0 Å². The van der Waals surface area contributed by atoms with Crippen LogP contribution in [0.5, 0.6) is 5.75 Å². The Morgan fingerprint density at radius 3 is 2.48 bits per heavy atom. The van der Waals surface area contributed by atoms with Crippen molar-refractivity contribution < 1.29 is 5.11 Å². The van der Waals surface area contributed by atoms with E-state index in [2.05, 4.69) is 25.3 Å². The zero-order valence-corrected chi connectivity index (χ0v) is 14.4. The molecule has 3 heterocycles. The van der Waals surface area contributed by atoms with E-state index in [0.29, 0.717) is 23.9 Å². The Bertz CT molecular complexity index is 964. The average molecular weight is 355 g/mol. The molecule has 3 aromatic heterocycles. The Morgan fingerprint density at radius 2 is 1.74 bits per heavy atom. The molecule has 0 aliphatic carbocycles. The van der Waals surface area contributed by atoms with Crippen LogP contribution in [0.4, 0.5) is 5.82 Å². The van der Waals surface area contributed by atoms with Gasteiger partial charge in [-0.3, -0.25) is 9.97 Å². The fourth-order valence-corrected chi connectivity index (χ4v) is 2.62. The molecule has 0 fully saturated rings. The SMILES string of the molecule is Oc1ccc(CNc2cc(-c3cccnc3)nc(-c3ccccn3)n2)cc1. The molecule has 0 unspecified atom stereocenters. The summed E-state index contributed by atoms with van der Waals surface area (Å²) in [6.07, 6.45) is 5.22. The van der Waals surface area contributed by atoms with Crippen LogP contribution in [0.15, 0.2) is 79.3 Å². The number of anilines is 1. The summed E-state index contributed by atoms with van der Waals surface area (Å²) in [6.45, 7) is 0.575. The molecule has 27 heavy (non-hydrogen) atoms. The zero-order valence-electron chi connectivity index (χ0n) is 14.4. The van der Waals surface area contributed by atoms with Crippen LogP contribution in [-0.2, 0) is 6.54 Å². The van der Waals surface area contributed by atoms with Crippen molar-refractivity contribution in [3.8, 4) is 28.5 Å². The maximum atomic E-state index is 9.41. The van der Waals surface area contributed by atoms with Crippen LogP contribution in [0.25, 0.3) is 22.8 Å². The monoisotopic (exact) mass is 355 g/mol. The van der Waals surface area contributed by atoms with Crippen molar-refractivity contribution >= 4 is 5.82 Å². The lowest BCUT2D eigenvalue weighted by Gasteiger charge is -2.10. The summed E-state index contributed by atoms with van der Waals surface area (Å²) in [4.78, 5) is 17.8. The third-order valence-corrected chi connectivity index (χ3v) is 3.99. The van der Waals surface area contributed by atoms with E-state index in [1.54, 1.807) is 30.7 Å². The number of nitrogens with zero attached hydrogens (tertiary/aromatic N) is 4. The number of phenols is 1. The van der Waals surface area contributed by atoms with E-state index in [9.17, 15) is 5.11 Å². The standard InChI is InChI=1S/C21H17N5O/c27-17-8-6-15(7-9-17)13-24-20-12-19(16-4-3-10-22-14-16)25-21(26-20)18-5-1-2-11-23-18/h1-12,14,27H,13H2,(H,24,25,26).